The van der Waals surface area contributed by atoms with E-state index in [-0.39, 0.29) is 23.4 Å². The highest BCUT2D eigenvalue weighted by Crippen LogP contribution is 2.19. The average molecular weight is 404 g/mol. The smallest absolute Gasteiger partial charge is 0.243 e. The number of sulfonamides is 1. The quantitative estimate of drug-likeness (QED) is 0.673. The van der Waals surface area contributed by atoms with E-state index in [0.717, 1.165) is 16.8 Å². The summed E-state index contributed by atoms with van der Waals surface area (Å²) in [6.45, 7) is 8.60. The van der Waals surface area contributed by atoms with Gasteiger partial charge < -0.3 is 10.6 Å². The van der Waals surface area contributed by atoms with Crippen molar-refractivity contribution in [3.8, 4) is 0 Å². The van der Waals surface area contributed by atoms with Crippen molar-refractivity contribution in [2.45, 2.75) is 38.6 Å². The van der Waals surface area contributed by atoms with Crippen molar-refractivity contribution < 1.29 is 13.2 Å². The van der Waals surface area contributed by atoms with E-state index in [2.05, 4.69) is 10.6 Å². The van der Waals surface area contributed by atoms with Gasteiger partial charge in [0.05, 0.1) is 11.4 Å². The number of rotatable bonds is 9. The Morgan fingerprint density at radius 3 is 2.29 bits per heavy atom. The maximum atomic E-state index is 12.5. The molecule has 0 saturated carbocycles. The second-order valence-electron chi connectivity index (χ2n) is 6.68. The van der Waals surface area contributed by atoms with Crippen LogP contribution in [0.5, 0.6) is 0 Å². The molecule has 1 unspecified atom stereocenters. The number of amides is 1. The molecule has 28 heavy (non-hydrogen) atoms. The number of aryl methyl sites for hydroxylation is 1. The molecule has 6 nitrogen and oxygen atoms in total. The first kappa shape index (κ1) is 22.1. The van der Waals surface area contributed by atoms with E-state index in [1.165, 1.54) is 4.31 Å². The van der Waals surface area contributed by atoms with Gasteiger partial charge in [-0.2, -0.15) is 4.31 Å². The van der Waals surface area contributed by atoms with Crippen LogP contribution in [0.15, 0.2) is 53.4 Å². The van der Waals surface area contributed by atoms with Crippen molar-refractivity contribution in [3.05, 3.63) is 59.7 Å². The average Bonchev–Trinajstić information content (AvgIpc) is 2.67. The molecule has 0 aliphatic heterocycles. The second-order valence-corrected chi connectivity index (χ2v) is 8.62. The lowest BCUT2D eigenvalue weighted by molar-refractivity contribution is -0.115. The van der Waals surface area contributed by atoms with Gasteiger partial charge in [-0.3, -0.25) is 4.79 Å². The Hall–Kier alpha value is -2.22. The van der Waals surface area contributed by atoms with Gasteiger partial charge >= 0.3 is 0 Å². The van der Waals surface area contributed by atoms with Crippen LogP contribution < -0.4 is 10.6 Å². The Morgan fingerprint density at radius 1 is 1.07 bits per heavy atom. The summed E-state index contributed by atoms with van der Waals surface area (Å²) in [7, 11) is -3.46. The van der Waals surface area contributed by atoms with E-state index in [9.17, 15) is 13.2 Å². The van der Waals surface area contributed by atoms with E-state index in [0.29, 0.717) is 13.1 Å². The van der Waals surface area contributed by atoms with Gasteiger partial charge in [0.15, 0.2) is 0 Å². The lowest BCUT2D eigenvalue weighted by atomic mass is 10.1. The Kier molecular flexibility index (Phi) is 7.74. The molecule has 1 amide bonds. The lowest BCUT2D eigenvalue weighted by Crippen LogP contribution is -2.31. The fraction of sp³-hybridized carbons (Fsp3) is 0.381. The minimum absolute atomic E-state index is 0.0894. The normalized spacial score (nSPS) is 12.8. The molecular weight excluding hydrogens is 374 g/mol. The van der Waals surface area contributed by atoms with Crippen LogP contribution in [0, 0.1) is 6.92 Å². The van der Waals surface area contributed by atoms with Gasteiger partial charge in [-0.25, -0.2) is 8.42 Å². The maximum absolute atomic E-state index is 12.5. The summed E-state index contributed by atoms with van der Waals surface area (Å²) >= 11 is 0. The predicted octanol–water partition coefficient (Wildman–Crippen LogP) is 3.31. The van der Waals surface area contributed by atoms with E-state index in [4.69, 9.17) is 0 Å². The molecule has 7 heteroatoms. The van der Waals surface area contributed by atoms with E-state index < -0.39 is 10.0 Å². The van der Waals surface area contributed by atoms with Crippen LogP contribution in [0.2, 0.25) is 0 Å². The standard InChI is InChI=1S/C21H29N3O3S/c1-5-24(6-2)28(26,27)20-12-10-18(11-13-20)17(4)22-15-21(25)23-19-9-7-8-16(3)14-19/h7-14,17,22H,5-6,15H2,1-4H3,(H,23,25). The Morgan fingerprint density at radius 2 is 1.71 bits per heavy atom. The number of nitrogens with zero attached hydrogens (tertiary/aromatic N) is 1. The zero-order valence-corrected chi connectivity index (χ0v) is 17.7. The molecule has 2 rings (SSSR count). The van der Waals surface area contributed by atoms with Crippen molar-refractivity contribution in [1.82, 2.24) is 9.62 Å². The van der Waals surface area contributed by atoms with Crippen molar-refractivity contribution >= 4 is 21.6 Å². The van der Waals surface area contributed by atoms with Gasteiger partial charge in [0, 0.05) is 24.8 Å². The molecule has 0 saturated heterocycles. The summed E-state index contributed by atoms with van der Waals surface area (Å²) < 4.78 is 26.5. The molecule has 0 bridgehead atoms. The lowest BCUT2D eigenvalue weighted by Gasteiger charge is -2.19. The van der Waals surface area contributed by atoms with Crippen molar-refractivity contribution in [2.75, 3.05) is 25.0 Å². The summed E-state index contributed by atoms with van der Waals surface area (Å²) in [4.78, 5) is 12.4. The van der Waals surface area contributed by atoms with Crippen LogP contribution >= 0.6 is 0 Å². The first-order chi connectivity index (χ1) is 13.3. The molecule has 0 fully saturated rings. The molecule has 0 aliphatic carbocycles. The van der Waals surface area contributed by atoms with Crippen LogP contribution in [0.4, 0.5) is 5.69 Å². The summed E-state index contributed by atoms with van der Waals surface area (Å²) in [6.07, 6.45) is 0. The van der Waals surface area contributed by atoms with Gasteiger partial charge in [-0.15, -0.1) is 0 Å². The molecule has 0 spiro atoms. The highest BCUT2D eigenvalue weighted by atomic mass is 32.2. The minimum atomic E-state index is -3.46. The molecule has 2 aromatic carbocycles. The molecule has 1 atom stereocenters. The minimum Gasteiger partial charge on any atom is -0.325 e. The first-order valence-corrected chi connectivity index (χ1v) is 10.9. The van der Waals surface area contributed by atoms with Crippen molar-refractivity contribution in [3.63, 3.8) is 0 Å². The van der Waals surface area contributed by atoms with Crippen LogP contribution in [-0.2, 0) is 14.8 Å². The van der Waals surface area contributed by atoms with Gasteiger partial charge in [0.1, 0.15) is 0 Å². The molecular formula is C21H29N3O3S. The molecule has 0 aromatic heterocycles. The molecule has 2 aromatic rings. The number of benzene rings is 2. The number of nitrogens with one attached hydrogen (secondary N) is 2. The predicted molar refractivity (Wildman–Crippen MR) is 113 cm³/mol. The number of hydrogen-bond donors (Lipinski definition) is 2. The van der Waals surface area contributed by atoms with Crippen LogP contribution in [0.25, 0.3) is 0 Å². The maximum Gasteiger partial charge on any atom is 0.243 e. The highest BCUT2D eigenvalue weighted by molar-refractivity contribution is 7.89. The zero-order chi connectivity index (χ0) is 20.7. The summed E-state index contributed by atoms with van der Waals surface area (Å²) in [5.41, 5.74) is 2.77. The molecule has 152 valence electrons. The fourth-order valence-corrected chi connectivity index (χ4v) is 4.39. The Bertz CT molecular complexity index is 891. The molecule has 0 radical (unpaired) electrons. The second kappa shape index (κ2) is 9.82. The SMILES string of the molecule is CCN(CC)S(=O)(=O)c1ccc(C(C)NCC(=O)Nc2cccc(C)c2)cc1. The molecule has 0 heterocycles. The third-order valence-corrected chi connectivity index (χ3v) is 6.66. The summed E-state index contributed by atoms with van der Waals surface area (Å²) in [5, 5.41) is 6.02. The number of anilines is 1. The Balaban J connectivity index is 1.95. The summed E-state index contributed by atoms with van der Waals surface area (Å²) in [6, 6.07) is 14.4. The van der Waals surface area contributed by atoms with Crippen LogP contribution in [-0.4, -0.2) is 38.3 Å². The zero-order valence-electron chi connectivity index (χ0n) is 16.9. The number of carbonyl (C=O) groups is 1. The summed E-state index contributed by atoms with van der Waals surface area (Å²) in [5.74, 6) is -0.127. The largest absolute Gasteiger partial charge is 0.325 e. The van der Waals surface area contributed by atoms with E-state index >= 15 is 0 Å². The third kappa shape index (κ3) is 5.64. The highest BCUT2D eigenvalue weighted by Gasteiger charge is 2.21. The van der Waals surface area contributed by atoms with E-state index in [1.54, 1.807) is 24.3 Å². The first-order valence-electron chi connectivity index (χ1n) is 9.48. The molecule has 2 N–H and O–H groups in total. The van der Waals surface area contributed by atoms with Gasteiger partial charge in [0.25, 0.3) is 0 Å². The van der Waals surface area contributed by atoms with E-state index in [1.807, 2.05) is 52.0 Å². The van der Waals surface area contributed by atoms with Crippen LogP contribution in [0.3, 0.4) is 0 Å². The number of carbonyl (C=O) groups excluding carboxylic acids is 1. The Labute approximate surface area is 168 Å². The van der Waals surface area contributed by atoms with Gasteiger partial charge in [-0.1, -0.05) is 38.1 Å². The van der Waals surface area contributed by atoms with Crippen LogP contribution in [0.1, 0.15) is 37.9 Å². The monoisotopic (exact) mass is 403 g/mol. The topological polar surface area (TPSA) is 78.5 Å². The fourth-order valence-electron chi connectivity index (χ4n) is 2.93. The molecule has 0 aliphatic rings. The third-order valence-electron chi connectivity index (χ3n) is 4.59. The van der Waals surface area contributed by atoms with Gasteiger partial charge in [0.2, 0.25) is 15.9 Å². The van der Waals surface area contributed by atoms with Crippen molar-refractivity contribution in [1.29, 1.82) is 0 Å². The van der Waals surface area contributed by atoms with Crippen molar-refractivity contribution in [2.24, 2.45) is 0 Å². The van der Waals surface area contributed by atoms with Gasteiger partial charge in [-0.05, 0) is 49.2 Å². The number of hydrogen-bond acceptors (Lipinski definition) is 4.